The summed E-state index contributed by atoms with van der Waals surface area (Å²) in [5.41, 5.74) is -2.84. The largest absolute Gasteiger partial charge is 0.508 e. The summed E-state index contributed by atoms with van der Waals surface area (Å²) in [5, 5.41) is 56.4. The van der Waals surface area contributed by atoms with Crippen molar-refractivity contribution in [2.24, 2.45) is 23.2 Å². The summed E-state index contributed by atoms with van der Waals surface area (Å²) in [6.45, 7) is 3.76. The van der Waals surface area contributed by atoms with Crippen molar-refractivity contribution in [2.45, 2.75) is 88.9 Å². The zero-order chi connectivity index (χ0) is 26.9. The molecule has 1 aromatic rings. The Morgan fingerprint density at radius 1 is 1.08 bits per heavy atom. The van der Waals surface area contributed by atoms with Gasteiger partial charge in [-0.3, -0.25) is 14.4 Å². The van der Waals surface area contributed by atoms with E-state index in [0.29, 0.717) is 5.56 Å². The summed E-state index contributed by atoms with van der Waals surface area (Å²) >= 11 is 0. The summed E-state index contributed by atoms with van der Waals surface area (Å²) in [6, 6.07) is 4.62. The third-order valence-electron chi connectivity index (χ3n) is 10.0. The molecule has 1 aromatic carbocycles. The number of hydrogen-bond donors (Lipinski definition) is 5. The fourth-order valence-electron chi connectivity index (χ4n) is 7.85. The van der Waals surface area contributed by atoms with Gasteiger partial charge in [-0.1, -0.05) is 51.7 Å². The van der Waals surface area contributed by atoms with Crippen molar-refractivity contribution in [1.29, 1.82) is 0 Å². The van der Waals surface area contributed by atoms with E-state index in [9.17, 15) is 39.9 Å². The average molecular weight is 513 g/mol. The Kier molecular flexibility index (Phi) is 6.36. The van der Waals surface area contributed by atoms with Gasteiger partial charge in [-0.25, -0.2) is 0 Å². The third kappa shape index (κ3) is 3.63. The SMILES string of the molecule is CCC1(CC(=O)C2=C(O)[C@@]3(O)C(O)C4C(=O)c5c(O)cccc5[C@H](C)[C@H]4[C@H](O)[C@H]3CC2=O)CCCCC1. The van der Waals surface area contributed by atoms with Crippen molar-refractivity contribution < 1.29 is 39.9 Å². The smallest absolute Gasteiger partial charge is 0.173 e. The van der Waals surface area contributed by atoms with Crippen molar-refractivity contribution in [1.82, 2.24) is 0 Å². The summed E-state index contributed by atoms with van der Waals surface area (Å²) in [5.74, 6) is -7.10. The second kappa shape index (κ2) is 9.03. The second-order valence-corrected chi connectivity index (χ2v) is 11.7. The maximum absolute atomic E-state index is 13.5. The lowest BCUT2D eigenvalue weighted by molar-refractivity contribution is -0.209. The molecule has 7 atom stereocenters. The van der Waals surface area contributed by atoms with Gasteiger partial charge in [0.25, 0.3) is 0 Å². The lowest BCUT2D eigenvalue weighted by atomic mass is 9.51. The molecule has 5 N–H and O–H groups in total. The van der Waals surface area contributed by atoms with Crippen LogP contribution in [0.15, 0.2) is 29.5 Å². The number of phenolic OH excluding ortho intramolecular Hbond substituents is 1. The number of hydrogen-bond acceptors (Lipinski definition) is 8. The molecule has 0 saturated heterocycles. The first-order valence-corrected chi connectivity index (χ1v) is 13.4. The van der Waals surface area contributed by atoms with Gasteiger partial charge >= 0.3 is 0 Å². The lowest BCUT2D eigenvalue weighted by Gasteiger charge is -2.56. The molecule has 8 nitrogen and oxygen atoms in total. The Bertz CT molecular complexity index is 1180. The highest BCUT2D eigenvalue weighted by atomic mass is 16.4. The van der Waals surface area contributed by atoms with Gasteiger partial charge in [0.15, 0.2) is 23.0 Å². The molecule has 5 rings (SSSR count). The molecule has 0 heterocycles. The number of allylic oxidation sites excluding steroid dienone is 1. The molecule has 0 spiro atoms. The van der Waals surface area contributed by atoms with E-state index in [2.05, 4.69) is 0 Å². The van der Waals surface area contributed by atoms with E-state index < -0.39 is 76.6 Å². The van der Waals surface area contributed by atoms with Crippen molar-refractivity contribution in [3.63, 3.8) is 0 Å². The Morgan fingerprint density at radius 3 is 2.41 bits per heavy atom. The van der Waals surface area contributed by atoms with Crippen LogP contribution in [0.2, 0.25) is 0 Å². The van der Waals surface area contributed by atoms with Crippen LogP contribution in [-0.4, -0.2) is 60.7 Å². The molecular weight excluding hydrogens is 476 g/mol. The van der Waals surface area contributed by atoms with E-state index in [4.69, 9.17) is 0 Å². The van der Waals surface area contributed by atoms with Gasteiger partial charge in [-0.15, -0.1) is 0 Å². The number of carbonyl (C=O) groups is 3. The first kappa shape index (κ1) is 26.1. The molecule has 200 valence electrons. The molecule has 0 aromatic heterocycles. The lowest BCUT2D eigenvalue weighted by Crippen LogP contribution is -2.69. The number of rotatable bonds is 4. The highest BCUT2D eigenvalue weighted by Crippen LogP contribution is 2.56. The second-order valence-electron chi connectivity index (χ2n) is 11.7. The fourth-order valence-corrected chi connectivity index (χ4v) is 7.85. The van der Waals surface area contributed by atoms with E-state index in [1.807, 2.05) is 6.92 Å². The van der Waals surface area contributed by atoms with Crippen LogP contribution in [0.25, 0.3) is 0 Å². The number of phenols is 1. The van der Waals surface area contributed by atoms with Crippen LogP contribution in [0, 0.1) is 23.2 Å². The van der Waals surface area contributed by atoms with Crippen LogP contribution < -0.4 is 0 Å². The Morgan fingerprint density at radius 2 is 1.76 bits per heavy atom. The predicted octanol–water partition coefficient (Wildman–Crippen LogP) is 3.11. The molecule has 37 heavy (non-hydrogen) atoms. The van der Waals surface area contributed by atoms with Crippen molar-refractivity contribution in [3.05, 3.63) is 40.7 Å². The van der Waals surface area contributed by atoms with E-state index >= 15 is 0 Å². The number of aliphatic hydroxyl groups excluding tert-OH is 3. The first-order valence-electron chi connectivity index (χ1n) is 13.4. The van der Waals surface area contributed by atoms with Crippen molar-refractivity contribution >= 4 is 17.3 Å². The molecule has 8 heteroatoms. The van der Waals surface area contributed by atoms with Gasteiger partial charge in [0, 0.05) is 24.7 Å². The number of benzene rings is 1. The summed E-state index contributed by atoms with van der Waals surface area (Å²) in [4.78, 5) is 40.3. The Balaban J connectivity index is 1.57. The zero-order valence-corrected chi connectivity index (χ0v) is 21.3. The quantitative estimate of drug-likeness (QED) is 0.386. The van der Waals surface area contributed by atoms with Crippen molar-refractivity contribution in [2.75, 3.05) is 0 Å². The Hall–Kier alpha value is -2.55. The van der Waals surface area contributed by atoms with Gasteiger partial charge < -0.3 is 25.5 Å². The molecule has 2 saturated carbocycles. The monoisotopic (exact) mass is 512 g/mol. The van der Waals surface area contributed by atoms with Crippen molar-refractivity contribution in [3.8, 4) is 5.75 Å². The molecule has 0 radical (unpaired) electrons. The van der Waals surface area contributed by atoms with Gasteiger partial charge in [-0.05, 0) is 35.8 Å². The highest BCUT2D eigenvalue weighted by Gasteiger charge is 2.67. The summed E-state index contributed by atoms with van der Waals surface area (Å²) in [6.07, 6.45) is 1.78. The normalized spacial score (nSPS) is 37.0. The van der Waals surface area contributed by atoms with Gasteiger partial charge in [0.2, 0.25) is 0 Å². The molecule has 0 bridgehead atoms. The summed E-state index contributed by atoms with van der Waals surface area (Å²) < 4.78 is 0. The molecule has 4 aliphatic carbocycles. The predicted molar refractivity (Wildman–Crippen MR) is 133 cm³/mol. The van der Waals surface area contributed by atoms with E-state index in [1.165, 1.54) is 6.07 Å². The summed E-state index contributed by atoms with van der Waals surface area (Å²) in [7, 11) is 0. The standard InChI is InChI=1S/C29H36O8/c1-3-28(10-5-4-6-11-28)13-19(32)22-18(31)12-16-24(33)20-14(2)15-8-7-9-17(30)21(15)25(34)23(20)27(36)29(16,37)26(22)35/h7-9,14,16,20,23-24,27,30,33,35-37H,3-6,10-13H2,1-2H3/t14-,16+,20+,23?,24+,27?,29+/m0/s1. The highest BCUT2D eigenvalue weighted by molar-refractivity contribution is 6.21. The number of carbonyl (C=O) groups excluding carboxylic acids is 3. The van der Waals surface area contributed by atoms with Gasteiger partial charge in [0.1, 0.15) is 23.2 Å². The van der Waals surface area contributed by atoms with E-state index in [-0.39, 0.29) is 23.1 Å². The van der Waals surface area contributed by atoms with Crippen LogP contribution in [0.1, 0.15) is 87.1 Å². The van der Waals surface area contributed by atoms with E-state index in [1.54, 1.807) is 19.1 Å². The van der Waals surface area contributed by atoms with Crippen LogP contribution in [0.3, 0.4) is 0 Å². The Labute approximate surface area is 216 Å². The van der Waals surface area contributed by atoms with Crippen LogP contribution in [-0.2, 0) is 9.59 Å². The van der Waals surface area contributed by atoms with Gasteiger partial charge in [0.05, 0.1) is 17.6 Å². The number of Topliss-reactive ketones (excluding diaryl/α,β-unsaturated/α-hetero) is 3. The number of ketones is 3. The fraction of sp³-hybridized carbons (Fsp3) is 0.621. The molecule has 2 fully saturated rings. The minimum Gasteiger partial charge on any atom is -0.508 e. The average Bonchev–Trinajstić information content (AvgIpc) is 2.87. The zero-order valence-electron chi connectivity index (χ0n) is 21.3. The number of aromatic hydroxyl groups is 1. The van der Waals surface area contributed by atoms with Crippen LogP contribution in [0.4, 0.5) is 0 Å². The third-order valence-corrected chi connectivity index (χ3v) is 10.0. The molecule has 4 aliphatic rings. The topological polar surface area (TPSA) is 152 Å². The minimum atomic E-state index is -2.55. The number of fused-ring (bicyclic) bond motifs is 3. The minimum absolute atomic E-state index is 0.0124. The van der Waals surface area contributed by atoms with E-state index in [0.717, 1.165) is 38.5 Å². The maximum atomic E-state index is 13.5. The first-order chi connectivity index (χ1) is 17.5. The maximum Gasteiger partial charge on any atom is 0.173 e. The molecular formula is C29H36O8. The van der Waals surface area contributed by atoms with Gasteiger partial charge in [-0.2, -0.15) is 0 Å². The van der Waals surface area contributed by atoms with Crippen LogP contribution >= 0.6 is 0 Å². The molecule has 0 amide bonds. The number of aliphatic hydroxyl groups is 4. The molecule has 0 aliphatic heterocycles. The molecule has 2 unspecified atom stereocenters. The van der Waals surface area contributed by atoms with Crippen LogP contribution in [0.5, 0.6) is 5.75 Å².